The zero-order chi connectivity index (χ0) is 34.8. The first kappa shape index (κ1) is 45.5. The summed E-state index contributed by atoms with van der Waals surface area (Å²) in [6.07, 6.45) is 22.1. The van der Waals surface area contributed by atoms with Gasteiger partial charge in [-0.1, -0.05) is 48.6 Å². The molecule has 0 radical (unpaired) electrons. The largest absolute Gasteiger partial charge is 0.466 e. The molecular weight excluding hydrogens is 576 g/mol. The summed E-state index contributed by atoms with van der Waals surface area (Å²) in [5.74, 6) is -1.95. The van der Waals surface area contributed by atoms with Crippen LogP contribution in [0.3, 0.4) is 0 Å². The molecule has 0 heterocycles. The van der Waals surface area contributed by atoms with E-state index in [-0.39, 0.29) is 23.1 Å². The third-order valence-corrected chi connectivity index (χ3v) is 3.50. The molecule has 12 heteroatoms. The van der Waals surface area contributed by atoms with Crippen LogP contribution in [-0.4, -0.2) is 75.4 Å². The van der Waals surface area contributed by atoms with E-state index in [9.17, 15) is 38.4 Å². The van der Waals surface area contributed by atoms with E-state index in [1.807, 2.05) is 0 Å². The first-order valence-electron chi connectivity index (χ1n) is 12.4. The van der Waals surface area contributed by atoms with Crippen molar-refractivity contribution >= 4 is 47.0 Å². The highest BCUT2D eigenvalue weighted by molar-refractivity contribution is 5.89. The average molecular weight is 617 g/mol. The Balaban J connectivity index is -0.000000242. The summed E-state index contributed by atoms with van der Waals surface area (Å²) in [6, 6.07) is 0. The van der Waals surface area contributed by atoms with Crippen molar-refractivity contribution < 1.29 is 57.3 Å². The highest BCUT2D eigenvalue weighted by Gasteiger charge is 1.89. The Bertz CT molecular complexity index is 990. The van der Waals surface area contributed by atoms with E-state index in [0.29, 0.717) is 0 Å². The minimum absolute atomic E-state index is 0.0560. The number of hydrogen-bond donors (Lipinski definition) is 0. The van der Waals surface area contributed by atoms with Crippen LogP contribution in [-0.2, 0) is 57.3 Å². The van der Waals surface area contributed by atoms with Gasteiger partial charge in [-0.3, -0.25) is 19.2 Å². The Labute approximate surface area is 257 Å². The molecular formula is C32H40O12. The van der Waals surface area contributed by atoms with Crippen molar-refractivity contribution in [3.05, 3.63) is 97.2 Å². The summed E-state index contributed by atoms with van der Waals surface area (Å²) >= 11 is 0. The van der Waals surface area contributed by atoms with Crippen LogP contribution in [0.25, 0.3) is 0 Å². The van der Waals surface area contributed by atoms with Crippen molar-refractivity contribution in [2.45, 2.75) is 27.7 Å². The molecule has 0 spiro atoms. The fourth-order valence-corrected chi connectivity index (χ4v) is 1.57. The Hall–Kier alpha value is -5.52. The van der Waals surface area contributed by atoms with Crippen LogP contribution in [0, 0.1) is 0 Å². The molecule has 0 aliphatic rings. The minimum Gasteiger partial charge on any atom is -0.466 e. The van der Waals surface area contributed by atoms with Crippen LogP contribution in [0.4, 0.5) is 0 Å². The van der Waals surface area contributed by atoms with Gasteiger partial charge in [0.05, 0.1) is 28.4 Å². The van der Waals surface area contributed by atoms with E-state index in [1.54, 1.807) is 0 Å². The van der Waals surface area contributed by atoms with E-state index in [0.717, 1.165) is 0 Å². The number of ketones is 4. The zero-order valence-corrected chi connectivity index (χ0v) is 26.1. The van der Waals surface area contributed by atoms with Crippen LogP contribution in [0.1, 0.15) is 27.7 Å². The topological polar surface area (TPSA) is 173 Å². The number of rotatable bonds is 12. The summed E-state index contributed by atoms with van der Waals surface area (Å²) in [4.78, 5) is 83.0. The third kappa shape index (κ3) is 49.4. The number of esters is 4. The molecule has 0 bridgehead atoms. The molecule has 0 fully saturated rings. The quantitative estimate of drug-likeness (QED) is 0.135. The lowest BCUT2D eigenvalue weighted by molar-refractivity contribution is -0.135. The maximum absolute atomic E-state index is 10.4. The number of carbonyl (C=O) groups excluding carboxylic acids is 8. The number of carbonyl (C=O) groups is 8. The summed E-state index contributed by atoms with van der Waals surface area (Å²) in [5.41, 5.74) is 0. The van der Waals surface area contributed by atoms with Gasteiger partial charge in [0.1, 0.15) is 0 Å². The van der Waals surface area contributed by atoms with E-state index in [1.165, 1.54) is 153 Å². The van der Waals surface area contributed by atoms with Crippen LogP contribution >= 0.6 is 0 Å². The van der Waals surface area contributed by atoms with Gasteiger partial charge >= 0.3 is 23.9 Å². The smallest absolute Gasteiger partial charge is 0.330 e. The number of methoxy groups -OCH3 is 4. The molecule has 0 aliphatic carbocycles. The Morgan fingerprint density at radius 1 is 0.295 bits per heavy atom. The molecule has 0 atom stereocenters. The van der Waals surface area contributed by atoms with Gasteiger partial charge in [0, 0.05) is 24.3 Å². The van der Waals surface area contributed by atoms with E-state index >= 15 is 0 Å². The highest BCUT2D eigenvalue weighted by Crippen LogP contribution is 1.84. The standard InChI is InChI=1S/4C8H10O3/c4*1-7(9)5-3-4-6-8(10)11-2/h4*3-6H,1-2H3/b2*5-3+,6-4+;2*5-3-,6-4+. The van der Waals surface area contributed by atoms with Crippen molar-refractivity contribution in [1.82, 2.24) is 0 Å². The molecule has 0 N–H and O–H groups in total. The summed E-state index contributed by atoms with van der Waals surface area (Å²) in [5, 5.41) is 0. The lowest BCUT2D eigenvalue weighted by Gasteiger charge is -1.85. The minimum atomic E-state index is -0.432. The Morgan fingerprint density at radius 3 is 0.545 bits per heavy atom. The van der Waals surface area contributed by atoms with Crippen molar-refractivity contribution in [1.29, 1.82) is 0 Å². The second kappa shape index (κ2) is 33.7. The molecule has 44 heavy (non-hydrogen) atoms. The molecule has 0 aromatic rings. The molecule has 0 unspecified atom stereocenters. The second-order valence-electron chi connectivity index (χ2n) is 7.41. The molecule has 0 aromatic heterocycles. The predicted octanol–water partition coefficient (Wildman–Crippen LogP) is 3.44. The predicted molar refractivity (Wildman–Crippen MR) is 164 cm³/mol. The van der Waals surface area contributed by atoms with Gasteiger partial charge in [-0.05, 0) is 52.0 Å². The molecule has 0 saturated carbocycles. The van der Waals surface area contributed by atoms with Gasteiger partial charge in [0.25, 0.3) is 0 Å². The lowest BCUT2D eigenvalue weighted by Crippen LogP contribution is -1.92. The summed E-state index contributed by atoms with van der Waals surface area (Å²) in [6.45, 7) is 5.73. The molecule has 0 amide bonds. The SMILES string of the molecule is COC(=O)/C=C/C=C/C(C)=O.COC(=O)/C=C/C=C/C(C)=O.COC(=O)/C=C/C=C\C(C)=O.COC(=O)/C=C/C=C\C(C)=O. The summed E-state index contributed by atoms with van der Waals surface area (Å²) in [7, 11) is 5.17. The average Bonchev–Trinajstić information content (AvgIpc) is 2.97. The van der Waals surface area contributed by atoms with Gasteiger partial charge in [-0.2, -0.15) is 0 Å². The van der Waals surface area contributed by atoms with Gasteiger partial charge in [0.15, 0.2) is 23.1 Å². The molecule has 0 aromatic carbocycles. The Morgan fingerprint density at radius 2 is 0.432 bits per heavy atom. The van der Waals surface area contributed by atoms with Crippen molar-refractivity contribution in [3.63, 3.8) is 0 Å². The fraction of sp³-hybridized carbons (Fsp3) is 0.250. The van der Waals surface area contributed by atoms with Crippen molar-refractivity contribution in [2.24, 2.45) is 0 Å². The third-order valence-electron chi connectivity index (χ3n) is 3.50. The highest BCUT2D eigenvalue weighted by atomic mass is 16.5. The number of allylic oxidation sites excluding steroid dienone is 12. The lowest BCUT2D eigenvalue weighted by atomic mass is 10.3. The van der Waals surface area contributed by atoms with Crippen LogP contribution < -0.4 is 0 Å². The maximum atomic E-state index is 10.4. The second-order valence-corrected chi connectivity index (χ2v) is 7.41. The molecule has 12 nitrogen and oxygen atoms in total. The fourth-order valence-electron chi connectivity index (χ4n) is 1.57. The zero-order valence-electron chi connectivity index (χ0n) is 26.1. The molecule has 0 rings (SSSR count). The van der Waals surface area contributed by atoms with Gasteiger partial charge in [0.2, 0.25) is 0 Å². The van der Waals surface area contributed by atoms with E-state index in [2.05, 4.69) is 18.9 Å². The normalized spacial score (nSPS) is 10.7. The maximum Gasteiger partial charge on any atom is 0.330 e. The van der Waals surface area contributed by atoms with E-state index < -0.39 is 23.9 Å². The van der Waals surface area contributed by atoms with Crippen molar-refractivity contribution in [2.75, 3.05) is 28.4 Å². The van der Waals surface area contributed by atoms with Gasteiger partial charge in [-0.25, -0.2) is 19.2 Å². The van der Waals surface area contributed by atoms with Crippen LogP contribution in [0.5, 0.6) is 0 Å². The molecule has 0 saturated heterocycles. The van der Waals surface area contributed by atoms with Crippen molar-refractivity contribution in [3.8, 4) is 0 Å². The summed E-state index contributed by atoms with van der Waals surface area (Å²) < 4.78 is 17.3. The van der Waals surface area contributed by atoms with E-state index in [4.69, 9.17) is 0 Å². The van der Waals surface area contributed by atoms with Gasteiger partial charge in [-0.15, -0.1) is 0 Å². The molecule has 240 valence electrons. The Kier molecular flexibility index (Phi) is 34.8. The monoisotopic (exact) mass is 616 g/mol. The first-order valence-corrected chi connectivity index (χ1v) is 12.4. The van der Waals surface area contributed by atoms with Crippen LogP contribution in [0.2, 0.25) is 0 Å². The first-order chi connectivity index (χ1) is 20.7. The number of hydrogen-bond acceptors (Lipinski definition) is 12. The van der Waals surface area contributed by atoms with Crippen LogP contribution in [0.15, 0.2) is 97.2 Å². The van der Waals surface area contributed by atoms with Gasteiger partial charge < -0.3 is 18.9 Å². The molecule has 0 aliphatic heterocycles. The number of ether oxygens (including phenoxy) is 4.